The number of aromatic nitrogens is 1. The number of carbonyl (C=O) groups is 1. The van der Waals surface area contributed by atoms with E-state index in [9.17, 15) is 9.90 Å². The molecule has 5 rings (SSSR count). The lowest BCUT2D eigenvalue weighted by atomic mass is 9.73. The molecule has 1 heterocycles. The zero-order valence-corrected chi connectivity index (χ0v) is 16.7. The second kappa shape index (κ2) is 6.71. The minimum atomic E-state index is -0.685. The minimum Gasteiger partial charge on any atom is -0.508 e. The fourth-order valence-corrected chi connectivity index (χ4v) is 5.28. The molecule has 0 fully saturated rings. The Kier molecular flexibility index (Phi) is 4.14. The third-order valence-electron chi connectivity index (χ3n) is 5.80. The number of para-hydroxylation sites is 1. The number of phenolic OH excluding ortho intramolecular Hbond substituents is 1. The molecule has 29 heavy (non-hydrogen) atoms. The van der Waals surface area contributed by atoms with Gasteiger partial charge in [-0.3, -0.25) is 4.79 Å². The Morgan fingerprint density at radius 1 is 1.10 bits per heavy atom. The number of carbonyl (C=O) groups excluding carboxylic acids is 1. The van der Waals surface area contributed by atoms with Crippen LogP contribution in [0.25, 0.3) is 10.2 Å². The zero-order chi connectivity index (χ0) is 20.0. The Labute approximate surface area is 172 Å². The van der Waals surface area contributed by atoms with Crippen molar-refractivity contribution < 1.29 is 9.90 Å². The molecule has 3 aromatic carbocycles. The molecule has 0 saturated heterocycles. The molecule has 144 valence electrons. The van der Waals surface area contributed by atoms with E-state index in [0.717, 1.165) is 26.9 Å². The first-order valence-corrected chi connectivity index (χ1v) is 10.4. The monoisotopic (exact) mass is 400 g/mol. The van der Waals surface area contributed by atoms with E-state index in [-0.39, 0.29) is 17.6 Å². The van der Waals surface area contributed by atoms with Gasteiger partial charge < -0.3 is 10.4 Å². The van der Waals surface area contributed by atoms with Gasteiger partial charge in [0.2, 0.25) is 5.91 Å². The van der Waals surface area contributed by atoms with Crippen molar-refractivity contribution in [1.82, 2.24) is 4.98 Å². The molecule has 1 aromatic heterocycles. The number of phenols is 1. The predicted octanol–water partition coefficient (Wildman–Crippen LogP) is 5.33. The van der Waals surface area contributed by atoms with Crippen LogP contribution >= 0.6 is 11.3 Å². The first kappa shape index (κ1) is 17.9. The number of anilines is 1. The van der Waals surface area contributed by atoms with Gasteiger partial charge in [-0.25, -0.2) is 4.98 Å². The van der Waals surface area contributed by atoms with Crippen molar-refractivity contribution in [3.8, 4) is 5.75 Å². The van der Waals surface area contributed by atoms with Gasteiger partial charge >= 0.3 is 0 Å². The van der Waals surface area contributed by atoms with Gasteiger partial charge in [0.05, 0.1) is 15.6 Å². The highest BCUT2D eigenvalue weighted by Gasteiger charge is 2.49. The van der Waals surface area contributed by atoms with Crippen LogP contribution < -0.4 is 5.32 Å². The second-order valence-corrected chi connectivity index (χ2v) is 8.79. The third-order valence-corrected chi connectivity index (χ3v) is 6.75. The van der Waals surface area contributed by atoms with Gasteiger partial charge in [0, 0.05) is 5.92 Å². The van der Waals surface area contributed by atoms with Crippen molar-refractivity contribution >= 4 is 32.6 Å². The number of thiazole rings is 1. The van der Waals surface area contributed by atoms with E-state index in [0.29, 0.717) is 11.6 Å². The molecule has 2 N–H and O–H groups in total. The van der Waals surface area contributed by atoms with E-state index < -0.39 is 5.41 Å². The number of nitrogens with zero attached hydrogens (tertiary/aromatic N) is 1. The van der Waals surface area contributed by atoms with Crippen molar-refractivity contribution in [2.24, 2.45) is 5.41 Å². The van der Waals surface area contributed by atoms with Crippen LogP contribution in [0.2, 0.25) is 0 Å². The van der Waals surface area contributed by atoms with Gasteiger partial charge in [-0.1, -0.05) is 59.9 Å². The molecular formula is C24H20N2O2S. The summed E-state index contributed by atoms with van der Waals surface area (Å²) in [5.74, 6) is 0.0294. The van der Waals surface area contributed by atoms with Gasteiger partial charge in [-0.2, -0.15) is 0 Å². The number of aromatic hydroxyl groups is 1. The summed E-state index contributed by atoms with van der Waals surface area (Å²) in [4.78, 5) is 18.1. The molecule has 1 aliphatic rings. The maximum absolute atomic E-state index is 13.5. The van der Waals surface area contributed by atoms with E-state index >= 15 is 0 Å². The SMILES string of the molecule is C[C@]1(C(=O)Nc2nc3ccccc3s2)Cc2ccc(O)cc2[C@H]1c1ccccc1. The molecule has 0 aliphatic heterocycles. The van der Waals surface area contributed by atoms with Crippen molar-refractivity contribution in [3.63, 3.8) is 0 Å². The highest BCUT2D eigenvalue weighted by molar-refractivity contribution is 7.22. The normalized spacial score (nSPS) is 20.5. The number of hydrogen-bond acceptors (Lipinski definition) is 4. The van der Waals surface area contributed by atoms with E-state index in [1.807, 2.05) is 67.6 Å². The average molecular weight is 401 g/mol. The maximum Gasteiger partial charge on any atom is 0.233 e. The number of nitrogens with one attached hydrogen (secondary N) is 1. The fraction of sp³-hybridized carbons (Fsp3) is 0.167. The van der Waals surface area contributed by atoms with Crippen LogP contribution in [0.4, 0.5) is 5.13 Å². The second-order valence-electron chi connectivity index (χ2n) is 7.76. The molecular weight excluding hydrogens is 380 g/mol. The van der Waals surface area contributed by atoms with Gasteiger partial charge in [0.15, 0.2) is 5.13 Å². The molecule has 0 unspecified atom stereocenters. The summed E-state index contributed by atoms with van der Waals surface area (Å²) in [5.41, 5.74) is 3.38. The lowest BCUT2D eigenvalue weighted by Gasteiger charge is -2.30. The third kappa shape index (κ3) is 2.98. The van der Waals surface area contributed by atoms with Gasteiger partial charge in [0.1, 0.15) is 5.75 Å². The van der Waals surface area contributed by atoms with Gasteiger partial charge in [-0.05, 0) is 54.3 Å². The molecule has 1 aliphatic carbocycles. The first-order valence-electron chi connectivity index (χ1n) is 9.58. The quantitative estimate of drug-likeness (QED) is 0.488. The number of benzene rings is 3. The summed E-state index contributed by atoms with van der Waals surface area (Å²) in [6.07, 6.45) is 0.610. The van der Waals surface area contributed by atoms with E-state index in [1.165, 1.54) is 11.3 Å². The highest BCUT2D eigenvalue weighted by atomic mass is 32.1. The molecule has 0 spiro atoms. The lowest BCUT2D eigenvalue weighted by molar-refractivity contribution is -0.125. The minimum absolute atomic E-state index is 0.0545. The largest absolute Gasteiger partial charge is 0.508 e. The van der Waals surface area contributed by atoms with Crippen molar-refractivity contribution in [1.29, 1.82) is 0 Å². The molecule has 0 radical (unpaired) electrons. The average Bonchev–Trinajstić information content (AvgIpc) is 3.26. The van der Waals surface area contributed by atoms with Gasteiger partial charge in [0.25, 0.3) is 0 Å². The van der Waals surface area contributed by atoms with E-state index in [4.69, 9.17) is 0 Å². The first-order chi connectivity index (χ1) is 14.0. The van der Waals surface area contributed by atoms with Crippen LogP contribution in [0.5, 0.6) is 5.75 Å². The highest BCUT2D eigenvalue weighted by Crippen LogP contribution is 2.52. The van der Waals surface area contributed by atoms with Crippen LogP contribution in [0.1, 0.15) is 29.5 Å². The predicted molar refractivity (Wildman–Crippen MR) is 116 cm³/mol. The molecule has 0 bridgehead atoms. The number of hydrogen-bond donors (Lipinski definition) is 2. The summed E-state index contributed by atoms with van der Waals surface area (Å²) in [6.45, 7) is 2.00. The number of fused-ring (bicyclic) bond motifs is 2. The molecule has 0 saturated carbocycles. The summed E-state index contributed by atoms with van der Waals surface area (Å²) in [7, 11) is 0. The molecule has 4 nitrogen and oxygen atoms in total. The van der Waals surface area contributed by atoms with Crippen LogP contribution in [0, 0.1) is 5.41 Å². The molecule has 2 atom stereocenters. The summed E-state index contributed by atoms with van der Waals surface area (Å²) >= 11 is 1.48. The van der Waals surface area contributed by atoms with Crippen LogP contribution in [0.15, 0.2) is 72.8 Å². The number of rotatable bonds is 3. The molecule has 5 heteroatoms. The van der Waals surface area contributed by atoms with Crippen LogP contribution in [-0.2, 0) is 11.2 Å². The smallest absolute Gasteiger partial charge is 0.233 e. The summed E-state index contributed by atoms with van der Waals surface area (Å²) in [6, 6.07) is 23.3. The van der Waals surface area contributed by atoms with Crippen LogP contribution in [0.3, 0.4) is 0 Å². The molecule has 1 amide bonds. The Bertz CT molecular complexity index is 1190. The molecule has 4 aromatic rings. The Balaban J connectivity index is 1.55. The van der Waals surface area contributed by atoms with E-state index in [1.54, 1.807) is 12.1 Å². The van der Waals surface area contributed by atoms with E-state index in [2.05, 4.69) is 10.3 Å². The topological polar surface area (TPSA) is 62.2 Å². The van der Waals surface area contributed by atoms with Crippen LogP contribution in [-0.4, -0.2) is 16.0 Å². The van der Waals surface area contributed by atoms with Crippen molar-refractivity contribution in [3.05, 3.63) is 89.5 Å². The Morgan fingerprint density at radius 2 is 1.86 bits per heavy atom. The standard InChI is InChI=1S/C24H20N2O2S/c1-24(22(28)26-23-25-19-9-5-6-10-20(19)29-23)14-16-11-12-17(27)13-18(16)21(24)15-7-3-2-4-8-15/h2-13,21,27H,14H2,1H3,(H,25,26,28)/t21-,24+/m1/s1. The summed E-state index contributed by atoms with van der Waals surface area (Å²) in [5, 5.41) is 13.8. The van der Waals surface area contributed by atoms with Gasteiger partial charge in [-0.15, -0.1) is 0 Å². The van der Waals surface area contributed by atoms with Crippen molar-refractivity contribution in [2.75, 3.05) is 5.32 Å². The summed E-state index contributed by atoms with van der Waals surface area (Å²) < 4.78 is 1.05. The number of amides is 1. The Morgan fingerprint density at radius 3 is 2.66 bits per heavy atom. The lowest BCUT2D eigenvalue weighted by Crippen LogP contribution is -2.37. The fourth-order valence-electron chi connectivity index (χ4n) is 4.42. The maximum atomic E-state index is 13.5. The Hall–Kier alpha value is -3.18. The van der Waals surface area contributed by atoms with Crippen molar-refractivity contribution in [2.45, 2.75) is 19.3 Å². The zero-order valence-electron chi connectivity index (χ0n) is 15.9.